The Labute approximate surface area is 212 Å². The van der Waals surface area contributed by atoms with Gasteiger partial charge in [-0.05, 0) is 48.2 Å². The van der Waals surface area contributed by atoms with E-state index in [1.165, 1.54) is 22.4 Å². The fourth-order valence-corrected chi connectivity index (χ4v) is 4.64. The molecule has 3 aromatic carbocycles. The van der Waals surface area contributed by atoms with Gasteiger partial charge in [-0.3, -0.25) is 0 Å². The molecule has 0 spiro atoms. The van der Waals surface area contributed by atoms with E-state index in [2.05, 4.69) is 68.7 Å². The molecule has 1 N–H and O–H groups in total. The van der Waals surface area contributed by atoms with Gasteiger partial charge in [0.2, 0.25) is 0 Å². The molecule has 186 valence electrons. The van der Waals surface area contributed by atoms with Gasteiger partial charge in [-0.1, -0.05) is 36.4 Å². The maximum Gasteiger partial charge on any atom is 0.162 e. The van der Waals surface area contributed by atoms with Gasteiger partial charge in [-0.2, -0.15) is 0 Å². The molecule has 2 heterocycles. The van der Waals surface area contributed by atoms with Crippen LogP contribution in [0.3, 0.4) is 0 Å². The number of nitrogens with zero attached hydrogens (tertiary/aromatic N) is 3. The number of methoxy groups -OCH3 is 2. The summed E-state index contributed by atoms with van der Waals surface area (Å²) in [5.74, 6) is 2.82. The second-order valence-electron chi connectivity index (χ2n) is 8.87. The minimum absolute atomic E-state index is 0.656. The number of ether oxygens (including phenoxy) is 3. The van der Waals surface area contributed by atoms with E-state index in [1.54, 1.807) is 14.2 Å². The Bertz CT molecular complexity index is 1350. The number of morpholine rings is 1. The lowest BCUT2D eigenvalue weighted by Crippen LogP contribution is -2.36. The molecule has 1 aliphatic heterocycles. The average molecular weight is 485 g/mol. The van der Waals surface area contributed by atoms with Gasteiger partial charge in [0.05, 0.1) is 33.0 Å². The quantitative estimate of drug-likeness (QED) is 0.373. The first-order chi connectivity index (χ1) is 17.6. The van der Waals surface area contributed by atoms with Crippen molar-refractivity contribution in [3.05, 3.63) is 72.1 Å². The fourth-order valence-electron chi connectivity index (χ4n) is 4.64. The van der Waals surface area contributed by atoms with Crippen molar-refractivity contribution in [2.75, 3.05) is 57.3 Å². The van der Waals surface area contributed by atoms with Crippen molar-refractivity contribution in [3.63, 3.8) is 0 Å². The van der Waals surface area contributed by atoms with Crippen LogP contribution in [0.25, 0.3) is 22.0 Å². The molecule has 7 nitrogen and oxygen atoms in total. The molecule has 0 unspecified atom stereocenters. The van der Waals surface area contributed by atoms with Gasteiger partial charge < -0.3 is 24.4 Å². The SMILES string of the molecule is COc1cc2nc(C)nc(NCCc3cccc(-c4cccc(N5CCOCC5)c4)c3)c2cc1OC. The average Bonchev–Trinajstić information content (AvgIpc) is 2.93. The highest BCUT2D eigenvalue weighted by Crippen LogP contribution is 2.34. The summed E-state index contributed by atoms with van der Waals surface area (Å²) in [7, 11) is 3.26. The summed E-state index contributed by atoms with van der Waals surface area (Å²) < 4.78 is 16.4. The highest BCUT2D eigenvalue weighted by atomic mass is 16.5. The smallest absolute Gasteiger partial charge is 0.162 e. The second kappa shape index (κ2) is 10.8. The van der Waals surface area contributed by atoms with Crippen LogP contribution in [0.2, 0.25) is 0 Å². The van der Waals surface area contributed by atoms with E-state index in [0.717, 1.165) is 56.0 Å². The first-order valence-electron chi connectivity index (χ1n) is 12.3. The molecule has 1 aromatic heterocycles. The fraction of sp³-hybridized carbons (Fsp3) is 0.310. The van der Waals surface area contributed by atoms with Crippen molar-refractivity contribution in [1.29, 1.82) is 0 Å². The van der Waals surface area contributed by atoms with Crippen LogP contribution in [0, 0.1) is 6.92 Å². The number of hydrogen-bond donors (Lipinski definition) is 1. The van der Waals surface area contributed by atoms with E-state index in [1.807, 2.05) is 19.1 Å². The number of hydrogen-bond acceptors (Lipinski definition) is 7. The first kappa shape index (κ1) is 23.9. The van der Waals surface area contributed by atoms with Crippen molar-refractivity contribution in [2.45, 2.75) is 13.3 Å². The molecule has 1 aliphatic rings. The normalized spacial score (nSPS) is 13.6. The summed E-state index contributed by atoms with van der Waals surface area (Å²) in [6.45, 7) is 6.09. The van der Waals surface area contributed by atoms with Crippen LogP contribution in [0.15, 0.2) is 60.7 Å². The van der Waals surface area contributed by atoms with E-state index in [-0.39, 0.29) is 0 Å². The molecule has 0 bridgehead atoms. The van der Waals surface area contributed by atoms with Crippen molar-refractivity contribution in [1.82, 2.24) is 9.97 Å². The Balaban J connectivity index is 1.31. The second-order valence-corrected chi connectivity index (χ2v) is 8.87. The topological polar surface area (TPSA) is 68.7 Å². The zero-order chi connectivity index (χ0) is 24.9. The molecule has 0 amide bonds. The predicted molar refractivity (Wildman–Crippen MR) is 144 cm³/mol. The summed E-state index contributed by atoms with van der Waals surface area (Å²) in [6.07, 6.45) is 0.870. The van der Waals surface area contributed by atoms with E-state index in [0.29, 0.717) is 17.3 Å². The number of benzene rings is 3. The summed E-state index contributed by atoms with van der Waals surface area (Å²) in [5.41, 5.74) is 5.80. The third-order valence-corrected chi connectivity index (χ3v) is 6.50. The standard InChI is InChI=1S/C29H32N4O3/c1-20-31-26-19-28(35-3)27(34-2)18-25(26)29(32-20)30-11-10-21-6-4-7-22(16-21)23-8-5-9-24(17-23)33-12-14-36-15-13-33/h4-9,16-19H,10-15H2,1-3H3,(H,30,31,32). The Morgan fingerprint density at radius 2 is 1.61 bits per heavy atom. The summed E-state index contributed by atoms with van der Waals surface area (Å²) in [5, 5.41) is 4.42. The molecule has 7 heteroatoms. The van der Waals surface area contributed by atoms with Crippen molar-refractivity contribution in [2.24, 2.45) is 0 Å². The Kier molecular flexibility index (Phi) is 7.18. The van der Waals surface area contributed by atoms with E-state index >= 15 is 0 Å². The summed E-state index contributed by atoms with van der Waals surface area (Å²) >= 11 is 0. The number of rotatable bonds is 8. The third-order valence-electron chi connectivity index (χ3n) is 6.50. The van der Waals surface area contributed by atoms with E-state index < -0.39 is 0 Å². The molecule has 5 rings (SSSR count). The van der Waals surface area contributed by atoms with Crippen molar-refractivity contribution in [3.8, 4) is 22.6 Å². The van der Waals surface area contributed by atoms with Crippen molar-refractivity contribution < 1.29 is 14.2 Å². The minimum Gasteiger partial charge on any atom is -0.493 e. The lowest BCUT2D eigenvalue weighted by atomic mass is 10.0. The minimum atomic E-state index is 0.656. The van der Waals surface area contributed by atoms with Crippen molar-refractivity contribution >= 4 is 22.4 Å². The highest BCUT2D eigenvalue weighted by Gasteiger charge is 2.13. The molecule has 0 radical (unpaired) electrons. The largest absolute Gasteiger partial charge is 0.493 e. The van der Waals surface area contributed by atoms with E-state index in [9.17, 15) is 0 Å². The molecule has 36 heavy (non-hydrogen) atoms. The Morgan fingerprint density at radius 3 is 2.39 bits per heavy atom. The zero-order valence-electron chi connectivity index (χ0n) is 21.1. The van der Waals surface area contributed by atoms with Gasteiger partial charge in [0.15, 0.2) is 11.5 Å². The lowest BCUT2D eigenvalue weighted by molar-refractivity contribution is 0.122. The van der Waals surface area contributed by atoms with Gasteiger partial charge in [0.1, 0.15) is 11.6 Å². The Hall–Kier alpha value is -3.84. The van der Waals surface area contributed by atoms with Crippen LogP contribution in [-0.4, -0.2) is 57.0 Å². The molecule has 0 aliphatic carbocycles. The molecular formula is C29H32N4O3. The van der Waals surface area contributed by atoms with Crippen LogP contribution in [-0.2, 0) is 11.2 Å². The number of aromatic nitrogens is 2. The third kappa shape index (κ3) is 5.21. The summed E-state index contributed by atoms with van der Waals surface area (Å²) in [6, 6.07) is 21.4. The van der Waals surface area contributed by atoms with Gasteiger partial charge in [-0.25, -0.2) is 9.97 Å². The van der Waals surface area contributed by atoms with Crippen LogP contribution in [0.4, 0.5) is 11.5 Å². The van der Waals surface area contributed by atoms with Crippen LogP contribution in [0.1, 0.15) is 11.4 Å². The maximum atomic E-state index is 5.51. The van der Waals surface area contributed by atoms with Crippen LogP contribution >= 0.6 is 0 Å². The predicted octanol–water partition coefficient (Wildman–Crippen LogP) is 5.11. The lowest BCUT2D eigenvalue weighted by Gasteiger charge is -2.29. The maximum absolute atomic E-state index is 5.51. The molecule has 4 aromatic rings. The van der Waals surface area contributed by atoms with Gasteiger partial charge in [0.25, 0.3) is 0 Å². The van der Waals surface area contributed by atoms with Crippen LogP contribution in [0.5, 0.6) is 11.5 Å². The highest BCUT2D eigenvalue weighted by molar-refractivity contribution is 5.91. The van der Waals surface area contributed by atoms with Crippen LogP contribution < -0.4 is 19.7 Å². The molecular weight excluding hydrogens is 452 g/mol. The zero-order valence-corrected chi connectivity index (χ0v) is 21.1. The molecule has 0 atom stereocenters. The number of aryl methyl sites for hydroxylation is 1. The summed E-state index contributed by atoms with van der Waals surface area (Å²) in [4.78, 5) is 11.6. The number of anilines is 2. The number of fused-ring (bicyclic) bond motifs is 1. The first-order valence-corrected chi connectivity index (χ1v) is 12.3. The molecule has 0 saturated carbocycles. The van der Waals surface area contributed by atoms with Gasteiger partial charge >= 0.3 is 0 Å². The monoisotopic (exact) mass is 484 g/mol. The molecule has 1 saturated heterocycles. The van der Waals surface area contributed by atoms with Gasteiger partial charge in [-0.15, -0.1) is 0 Å². The number of nitrogens with one attached hydrogen (secondary N) is 1. The van der Waals surface area contributed by atoms with E-state index in [4.69, 9.17) is 14.2 Å². The Morgan fingerprint density at radius 1 is 0.889 bits per heavy atom. The molecule has 1 fully saturated rings. The van der Waals surface area contributed by atoms with Gasteiger partial charge in [0, 0.05) is 36.8 Å².